The van der Waals surface area contributed by atoms with Crippen molar-refractivity contribution in [3.63, 3.8) is 0 Å². The van der Waals surface area contributed by atoms with Crippen molar-refractivity contribution in [3.05, 3.63) is 59.5 Å². The molecule has 1 aromatic heterocycles. The molecule has 3 nitrogen and oxygen atoms in total. The summed E-state index contributed by atoms with van der Waals surface area (Å²) in [7, 11) is 1.37. The van der Waals surface area contributed by atoms with Crippen LogP contribution in [0.2, 0.25) is 0 Å². The molecule has 1 N–H and O–H groups in total. The summed E-state index contributed by atoms with van der Waals surface area (Å²) in [5.41, 5.74) is 2.04. The molecule has 0 aliphatic rings. The highest BCUT2D eigenvalue weighted by Gasteiger charge is 2.07. The minimum absolute atomic E-state index is 0.264. The van der Waals surface area contributed by atoms with Gasteiger partial charge in [-0.2, -0.15) is 0 Å². The van der Waals surface area contributed by atoms with E-state index in [4.69, 9.17) is 9.53 Å². The molecule has 0 radical (unpaired) electrons. The Labute approximate surface area is 109 Å². The molecule has 0 aliphatic heterocycles. The average molecular weight is 261 g/mol. The van der Waals surface area contributed by atoms with Gasteiger partial charge in [-0.15, -0.1) is 11.3 Å². The Morgan fingerprint density at radius 2 is 2.11 bits per heavy atom. The number of carbonyl (C=O) groups excluding carboxylic acids is 1. The summed E-state index contributed by atoms with van der Waals surface area (Å²) < 4.78 is 9.72. The summed E-state index contributed by atoms with van der Waals surface area (Å²) in [6, 6.07) is 12.0. The van der Waals surface area contributed by atoms with Gasteiger partial charge in [0.05, 0.1) is 12.7 Å². The topological polar surface area (TPSA) is 40.8 Å². The number of methoxy groups -OCH3 is 1. The van der Waals surface area contributed by atoms with Gasteiger partial charge in [0.15, 0.2) is 0 Å². The van der Waals surface area contributed by atoms with Gasteiger partial charge in [0.25, 0.3) is 0 Å². The maximum atomic E-state index is 9.09. The van der Waals surface area contributed by atoms with Crippen molar-refractivity contribution in [1.82, 2.24) is 0 Å². The fourth-order valence-electron chi connectivity index (χ4n) is 1.47. The van der Waals surface area contributed by atoms with Crippen LogP contribution in [0.3, 0.4) is 0 Å². The maximum Gasteiger partial charge on any atom is 0.397 e. The fourth-order valence-corrected chi connectivity index (χ4v) is 2.24. The van der Waals surface area contributed by atoms with Gasteiger partial charge in [-0.1, -0.05) is 24.3 Å². The molecule has 0 aliphatic carbocycles. The summed E-state index contributed by atoms with van der Waals surface area (Å²) in [6.07, 6.45) is 2.72. The van der Waals surface area contributed by atoms with Crippen molar-refractivity contribution < 1.29 is 14.3 Å². The minimum Gasteiger partial charge on any atom is -0.475 e. The quantitative estimate of drug-likeness (QED) is 0.517. The molecule has 18 heavy (non-hydrogen) atoms. The smallest absolute Gasteiger partial charge is 0.397 e. The van der Waals surface area contributed by atoms with Crippen molar-refractivity contribution in [2.75, 3.05) is 7.11 Å². The number of hydrogen-bond acceptors (Lipinski definition) is 3. The predicted octanol–water partition coefficient (Wildman–Crippen LogP) is 3.77. The highest BCUT2D eigenvalue weighted by molar-refractivity contribution is 7.13. The Hall–Kier alpha value is -2.07. The first-order valence-corrected chi connectivity index (χ1v) is 6.24. The second-order valence-electron chi connectivity index (χ2n) is 3.48. The highest BCUT2D eigenvalue weighted by atomic mass is 32.1. The molecule has 0 bridgehead atoms. The third-order valence-electron chi connectivity index (χ3n) is 2.32. The summed E-state index contributed by atoms with van der Waals surface area (Å²) in [5.74, 6) is -0.264. The zero-order chi connectivity index (χ0) is 12.8. The zero-order valence-electron chi connectivity index (χ0n) is 9.87. The van der Waals surface area contributed by atoms with Crippen LogP contribution in [0.4, 0.5) is 0 Å². The second kappa shape index (κ2) is 6.02. The molecule has 2 rings (SSSR count). The lowest BCUT2D eigenvalue weighted by Crippen LogP contribution is -1.87. The molecule has 0 amide bonds. The molecule has 0 saturated heterocycles. The Morgan fingerprint density at radius 3 is 2.83 bits per heavy atom. The van der Waals surface area contributed by atoms with Crippen LogP contribution in [0.15, 0.2) is 54.0 Å². The van der Waals surface area contributed by atoms with Gasteiger partial charge in [-0.3, -0.25) is 0 Å². The zero-order valence-corrected chi connectivity index (χ0v) is 10.7. The Kier molecular flexibility index (Phi) is 4.15. The van der Waals surface area contributed by atoms with Crippen LogP contribution in [0, 0.1) is 0 Å². The standard InChI is InChI=1S/C14H12O3S/c1-16-14(15)10-17-9-11-5-2-3-6-12(11)13-7-4-8-18-13/h2-10H,1H3/p+1/b14-10-. The summed E-state index contributed by atoms with van der Waals surface area (Å²) in [4.78, 5) is 1.17. The number of thiophene rings is 1. The van der Waals surface area contributed by atoms with E-state index in [1.807, 2.05) is 35.7 Å². The third-order valence-corrected chi connectivity index (χ3v) is 3.22. The Bertz CT molecular complexity index is 556. The molecule has 4 heteroatoms. The van der Waals surface area contributed by atoms with Gasteiger partial charge in [0, 0.05) is 10.4 Å². The number of hydrogen-bond donors (Lipinski definition) is 1. The van der Waals surface area contributed by atoms with E-state index in [2.05, 4.69) is 10.8 Å². The van der Waals surface area contributed by atoms with E-state index in [1.54, 1.807) is 17.6 Å². The summed E-state index contributed by atoms with van der Waals surface area (Å²) in [6.45, 7) is 0. The molecule has 0 saturated carbocycles. The van der Waals surface area contributed by atoms with Crippen LogP contribution < -0.4 is 0 Å². The Balaban J connectivity index is 2.29. The van der Waals surface area contributed by atoms with E-state index in [0.717, 1.165) is 17.4 Å². The average Bonchev–Trinajstić information content (AvgIpc) is 2.93. The van der Waals surface area contributed by atoms with Crippen LogP contribution >= 0.6 is 11.3 Å². The number of rotatable bonds is 4. The molecule has 2 aromatic rings. The van der Waals surface area contributed by atoms with Gasteiger partial charge in [-0.05, 0) is 17.5 Å². The number of aldehydes is 1. The molecule has 92 valence electrons. The molecular formula is C14H13O3S+. The first kappa shape index (κ1) is 12.4. The van der Waals surface area contributed by atoms with Gasteiger partial charge in [-0.25, -0.2) is 4.42 Å². The van der Waals surface area contributed by atoms with Crippen LogP contribution in [0.5, 0.6) is 0 Å². The van der Waals surface area contributed by atoms with Gasteiger partial charge in [0.2, 0.25) is 0 Å². The molecule has 1 aromatic carbocycles. The van der Waals surface area contributed by atoms with E-state index < -0.39 is 0 Å². The molecule has 0 unspecified atom stereocenters. The summed E-state index contributed by atoms with van der Waals surface area (Å²) in [5, 5.41) is 11.1. The van der Waals surface area contributed by atoms with Gasteiger partial charge in [0.1, 0.15) is 0 Å². The SMILES string of the molecule is CO/C(O)=C\[O+]=Cc1ccccc1-c1cccs1. The molecule has 0 fully saturated rings. The lowest BCUT2D eigenvalue weighted by molar-refractivity contribution is -0.177. The van der Waals surface area contributed by atoms with Crippen molar-refractivity contribution in [2.24, 2.45) is 0 Å². The lowest BCUT2D eigenvalue weighted by atomic mass is 10.1. The molecular weight excluding hydrogens is 248 g/mol. The maximum absolute atomic E-state index is 9.09. The van der Waals surface area contributed by atoms with E-state index in [1.165, 1.54) is 12.0 Å². The first-order valence-electron chi connectivity index (χ1n) is 5.36. The molecule has 1 heterocycles. The second-order valence-corrected chi connectivity index (χ2v) is 4.43. The van der Waals surface area contributed by atoms with Crippen molar-refractivity contribution >= 4 is 17.6 Å². The van der Waals surface area contributed by atoms with Crippen molar-refractivity contribution in [1.29, 1.82) is 0 Å². The lowest BCUT2D eigenvalue weighted by Gasteiger charge is -1.98. The minimum atomic E-state index is -0.264. The third kappa shape index (κ3) is 2.99. The van der Waals surface area contributed by atoms with Crippen LogP contribution in [-0.4, -0.2) is 18.5 Å². The van der Waals surface area contributed by atoms with Crippen LogP contribution in [-0.2, 0) is 4.74 Å². The fraction of sp³-hybridized carbons (Fsp3) is 0.0714. The van der Waals surface area contributed by atoms with Gasteiger partial charge < -0.3 is 9.84 Å². The van der Waals surface area contributed by atoms with E-state index in [0.29, 0.717) is 0 Å². The van der Waals surface area contributed by atoms with Crippen LogP contribution in [0.25, 0.3) is 10.4 Å². The Morgan fingerprint density at radius 1 is 1.28 bits per heavy atom. The monoisotopic (exact) mass is 261 g/mol. The summed E-state index contributed by atoms with van der Waals surface area (Å²) >= 11 is 1.67. The van der Waals surface area contributed by atoms with Gasteiger partial charge >= 0.3 is 18.5 Å². The number of ether oxygens (including phenoxy) is 1. The normalized spacial score (nSPS) is 11.9. The number of benzene rings is 1. The first-order chi connectivity index (χ1) is 8.81. The molecule has 0 atom stereocenters. The van der Waals surface area contributed by atoms with E-state index in [9.17, 15) is 0 Å². The van der Waals surface area contributed by atoms with Crippen molar-refractivity contribution in [3.8, 4) is 10.4 Å². The van der Waals surface area contributed by atoms with E-state index in [-0.39, 0.29) is 5.95 Å². The van der Waals surface area contributed by atoms with Crippen LogP contribution in [0.1, 0.15) is 9.99 Å². The number of aliphatic hydroxyl groups is 1. The van der Waals surface area contributed by atoms with E-state index >= 15 is 0 Å². The number of aliphatic hydroxyl groups excluding tert-OH is 1. The highest BCUT2D eigenvalue weighted by Crippen LogP contribution is 2.26. The van der Waals surface area contributed by atoms with Crippen molar-refractivity contribution in [2.45, 2.75) is 0 Å². The largest absolute Gasteiger partial charge is 0.475 e. The predicted molar refractivity (Wildman–Crippen MR) is 72.9 cm³/mol. The molecule has 0 spiro atoms.